The smallest absolute Gasteiger partial charge is 0.366 e. The summed E-state index contributed by atoms with van der Waals surface area (Å²) >= 11 is 0. The van der Waals surface area contributed by atoms with E-state index in [1.807, 2.05) is 13.0 Å². The van der Waals surface area contributed by atoms with Crippen LogP contribution in [-0.2, 0) is 9.59 Å². The van der Waals surface area contributed by atoms with Gasteiger partial charge in [-0.25, -0.2) is 0 Å². The number of aryl methyl sites for hydroxylation is 1. The molecule has 10 heteroatoms. The average Bonchev–Trinajstić information content (AvgIpc) is 2.64. The molecule has 1 aromatic carbocycles. The molecule has 0 fully saturated rings. The van der Waals surface area contributed by atoms with Crippen LogP contribution in [0.2, 0.25) is 0 Å². The number of hydrogen-bond donors (Lipinski definition) is 1. The van der Waals surface area contributed by atoms with E-state index in [1.165, 1.54) is 19.2 Å². The Morgan fingerprint density at radius 3 is 2.89 bits per heavy atom. The van der Waals surface area contributed by atoms with E-state index in [4.69, 9.17) is 9.47 Å². The summed E-state index contributed by atoms with van der Waals surface area (Å²) in [6.07, 6.45) is 0. The van der Waals surface area contributed by atoms with Gasteiger partial charge in [0.05, 0.1) is 12.8 Å². The van der Waals surface area contributed by atoms with Gasteiger partial charge in [-0.05, 0) is 40.6 Å². The molecular weight excluding hydrogens is 356 g/mol. The summed E-state index contributed by atoms with van der Waals surface area (Å²) < 4.78 is 10.4. The van der Waals surface area contributed by atoms with Gasteiger partial charge in [0.2, 0.25) is 5.91 Å². The number of aromatic nitrogens is 1. The van der Waals surface area contributed by atoms with Gasteiger partial charge < -0.3 is 24.9 Å². The lowest BCUT2D eigenvalue weighted by molar-refractivity contribution is -0.389. The van der Waals surface area contributed by atoms with Crippen molar-refractivity contribution in [2.45, 2.75) is 6.92 Å². The van der Waals surface area contributed by atoms with E-state index in [0.29, 0.717) is 11.4 Å². The Labute approximate surface area is 153 Å². The fraction of sp³-hybridized carbons (Fsp3) is 0.235. The molecule has 0 spiro atoms. The Morgan fingerprint density at radius 1 is 1.41 bits per heavy atom. The molecule has 0 bridgehead atoms. The van der Waals surface area contributed by atoms with Crippen LogP contribution in [0.3, 0.4) is 0 Å². The molecule has 0 radical (unpaired) electrons. The highest BCUT2D eigenvalue weighted by Gasteiger charge is 2.33. The number of ether oxygens (including phenoxy) is 2. The molecule has 140 valence electrons. The van der Waals surface area contributed by atoms with Crippen LogP contribution in [0, 0.1) is 17.0 Å². The van der Waals surface area contributed by atoms with E-state index < -0.39 is 22.6 Å². The number of hydrogen-bond acceptors (Lipinski definition) is 7. The number of anilines is 2. The van der Waals surface area contributed by atoms with Crippen molar-refractivity contribution in [1.82, 2.24) is 4.98 Å². The normalized spacial score (nSPS) is 12.8. The maximum atomic E-state index is 12.5. The number of carbonyl (C=O) groups is 2. The Kier molecular flexibility index (Phi) is 4.88. The van der Waals surface area contributed by atoms with Gasteiger partial charge in [-0.3, -0.25) is 14.5 Å². The van der Waals surface area contributed by atoms with Crippen molar-refractivity contribution >= 4 is 29.1 Å². The predicted molar refractivity (Wildman–Crippen MR) is 95.1 cm³/mol. The maximum absolute atomic E-state index is 12.5. The molecule has 1 N–H and O–H groups in total. The van der Waals surface area contributed by atoms with Crippen molar-refractivity contribution in [3.05, 3.63) is 46.0 Å². The van der Waals surface area contributed by atoms with Gasteiger partial charge in [0.25, 0.3) is 11.7 Å². The topological polar surface area (TPSA) is 124 Å². The molecule has 0 saturated carbocycles. The van der Waals surface area contributed by atoms with Crippen LogP contribution < -0.4 is 19.7 Å². The number of methoxy groups -OCH3 is 1. The second kappa shape index (κ2) is 7.28. The molecule has 2 aromatic rings. The van der Waals surface area contributed by atoms with Crippen molar-refractivity contribution in [2.75, 3.05) is 30.5 Å². The first-order valence-corrected chi connectivity index (χ1v) is 7.92. The first-order chi connectivity index (χ1) is 12.9. The number of nitrogens with zero attached hydrogens (tertiary/aromatic N) is 3. The van der Waals surface area contributed by atoms with E-state index >= 15 is 0 Å². The van der Waals surface area contributed by atoms with Gasteiger partial charge in [-0.15, -0.1) is 0 Å². The highest BCUT2D eigenvalue weighted by atomic mass is 16.6. The number of amides is 2. The zero-order chi connectivity index (χ0) is 19.6. The number of fused-ring (bicyclic) bond motifs is 1. The summed E-state index contributed by atoms with van der Waals surface area (Å²) in [5.41, 5.74) is 1.37. The molecule has 0 aliphatic carbocycles. The highest BCUT2D eigenvalue weighted by Crippen LogP contribution is 2.32. The van der Waals surface area contributed by atoms with Crippen molar-refractivity contribution in [2.24, 2.45) is 0 Å². The quantitative estimate of drug-likeness (QED) is 0.625. The third-order valence-electron chi connectivity index (χ3n) is 3.85. The van der Waals surface area contributed by atoms with Gasteiger partial charge >= 0.3 is 5.82 Å². The number of carbonyl (C=O) groups excluding carboxylic acids is 2. The van der Waals surface area contributed by atoms with Crippen molar-refractivity contribution in [1.29, 1.82) is 0 Å². The molecular formula is C17H16N4O6. The zero-order valence-corrected chi connectivity index (χ0v) is 14.6. The third-order valence-corrected chi connectivity index (χ3v) is 3.85. The second-order valence-corrected chi connectivity index (χ2v) is 5.77. The van der Waals surface area contributed by atoms with Crippen molar-refractivity contribution in [3.8, 4) is 11.5 Å². The summed E-state index contributed by atoms with van der Waals surface area (Å²) in [4.78, 5) is 39.8. The molecule has 27 heavy (non-hydrogen) atoms. The van der Waals surface area contributed by atoms with Gasteiger partial charge in [0, 0.05) is 6.07 Å². The lowest BCUT2D eigenvalue weighted by Gasteiger charge is -2.24. The highest BCUT2D eigenvalue weighted by molar-refractivity contribution is 6.04. The number of rotatable bonds is 5. The lowest BCUT2D eigenvalue weighted by atomic mass is 10.2. The summed E-state index contributed by atoms with van der Waals surface area (Å²) in [6, 6.07) is 7.80. The average molecular weight is 372 g/mol. The molecule has 0 atom stereocenters. The molecule has 1 aliphatic heterocycles. The Bertz CT molecular complexity index is 930. The van der Waals surface area contributed by atoms with E-state index in [2.05, 4.69) is 10.3 Å². The number of benzene rings is 1. The van der Waals surface area contributed by atoms with Crippen LogP contribution in [0.25, 0.3) is 0 Å². The zero-order valence-electron chi connectivity index (χ0n) is 14.6. The minimum absolute atomic E-state index is 0.0631. The maximum Gasteiger partial charge on any atom is 0.366 e. The number of nitro groups is 1. The lowest BCUT2D eigenvalue weighted by Crippen LogP contribution is -2.44. The van der Waals surface area contributed by atoms with Crippen LogP contribution in [0.15, 0.2) is 30.3 Å². The fourth-order valence-corrected chi connectivity index (χ4v) is 2.58. The summed E-state index contributed by atoms with van der Waals surface area (Å²) in [7, 11) is 1.48. The van der Waals surface area contributed by atoms with Gasteiger partial charge in [0.15, 0.2) is 12.4 Å². The van der Waals surface area contributed by atoms with Gasteiger partial charge in [-0.2, -0.15) is 0 Å². The van der Waals surface area contributed by atoms with E-state index in [1.54, 1.807) is 12.1 Å². The fourth-order valence-electron chi connectivity index (χ4n) is 2.58. The minimum Gasteiger partial charge on any atom is -0.495 e. The van der Waals surface area contributed by atoms with E-state index in [9.17, 15) is 19.7 Å². The van der Waals surface area contributed by atoms with Gasteiger partial charge in [-0.1, -0.05) is 6.07 Å². The molecule has 2 heterocycles. The van der Waals surface area contributed by atoms with Crippen molar-refractivity contribution in [3.63, 3.8) is 0 Å². The summed E-state index contributed by atoms with van der Waals surface area (Å²) in [5.74, 6) is -0.877. The first-order valence-electron chi connectivity index (χ1n) is 7.92. The molecule has 1 aromatic heterocycles. The van der Waals surface area contributed by atoms with E-state index in [0.717, 1.165) is 10.5 Å². The summed E-state index contributed by atoms with van der Waals surface area (Å²) in [6.45, 7) is 1.20. The van der Waals surface area contributed by atoms with Crippen LogP contribution in [0.5, 0.6) is 11.5 Å². The van der Waals surface area contributed by atoms with Crippen LogP contribution in [0.1, 0.15) is 5.56 Å². The second-order valence-electron chi connectivity index (χ2n) is 5.77. The van der Waals surface area contributed by atoms with Crippen LogP contribution in [0.4, 0.5) is 17.3 Å². The van der Waals surface area contributed by atoms with Crippen LogP contribution in [-0.4, -0.2) is 42.0 Å². The molecule has 3 rings (SSSR count). The number of nitrogens with one attached hydrogen (secondary N) is 1. The standard InChI is InChI=1S/C17H16N4O6/c1-10-3-4-12(26-2)11(7-10)18-15(22)8-20-16(23)9-27-13-5-6-14(21(24)25)19-17(13)20/h3-7H,8-9H2,1-2H3,(H,18,22). The SMILES string of the molecule is COc1ccc(C)cc1NC(=O)CN1C(=O)COc2ccc([N+](=O)[O-])nc21. The first kappa shape index (κ1) is 18.1. The molecule has 0 unspecified atom stereocenters. The molecule has 1 aliphatic rings. The summed E-state index contributed by atoms with van der Waals surface area (Å²) in [5, 5.41) is 13.6. The Balaban J connectivity index is 1.84. The number of pyridine rings is 1. The molecule has 2 amide bonds. The largest absolute Gasteiger partial charge is 0.495 e. The minimum atomic E-state index is -0.685. The third kappa shape index (κ3) is 3.78. The Hall–Kier alpha value is -3.69. The van der Waals surface area contributed by atoms with Gasteiger partial charge in [0.1, 0.15) is 12.3 Å². The van der Waals surface area contributed by atoms with E-state index in [-0.39, 0.29) is 24.7 Å². The van der Waals surface area contributed by atoms with Crippen molar-refractivity contribution < 1.29 is 24.0 Å². The van der Waals surface area contributed by atoms with Crippen LogP contribution >= 0.6 is 0 Å². The Morgan fingerprint density at radius 2 is 2.19 bits per heavy atom. The molecule has 0 saturated heterocycles. The monoisotopic (exact) mass is 372 g/mol. The predicted octanol–water partition coefficient (Wildman–Crippen LogP) is 1.67. The molecule has 10 nitrogen and oxygen atoms in total.